The summed E-state index contributed by atoms with van der Waals surface area (Å²) in [5.41, 5.74) is 0.857. The number of amides is 1. The summed E-state index contributed by atoms with van der Waals surface area (Å²) in [7, 11) is 0. The molecule has 20 heavy (non-hydrogen) atoms. The number of carbonyl (C=O) groups is 1. The molecule has 1 saturated heterocycles. The van der Waals surface area contributed by atoms with Crippen LogP contribution in [0.5, 0.6) is 0 Å². The van der Waals surface area contributed by atoms with Crippen LogP contribution in [0.25, 0.3) is 0 Å². The van der Waals surface area contributed by atoms with E-state index >= 15 is 0 Å². The van der Waals surface area contributed by atoms with Gasteiger partial charge in [-0.15, -0.1) is 0 Å². The van der Waals surface area contributed by atoms with E-state index in [1.807, 2.05) is 0 Å². The van der Waals surface area contributed by atoms with Crippen LogP contribution in [0.1, 0.15) is 37.3 Å². The van der Waals surface area contributed by atoms with Gasteiger partial charge in [-0.25, -0.2) is 4.68 Å². The minimum atomic E-state index is -0.322. The van der Waals surface area contributed by atoms with E-state index in [9.17, 15) is 9.59 Å². The molecule has 0 unspecified atom stereocenters. The zero-order valence-corrected chi connectivity index (χ0v) is 11.4. The van der Waals surface area contributed by atoms with Crippen LogP contribution in [0.3, 0.4) is 0 Å². The maximum absolute atomic E-state index is 11.8. The van der Waals surface area contributed by atoms with Gasteiger partial charge in [0.15, 0.2) is 0 Å². The second-order valence-electron chi connectivity index (χ2n) is 5.39. The Morgan fingerprint density at radius 1 is 1.40 bits per heavy atom. The maximum atomic E-state index is 11.8. The van der Waals surface area contributed by atoms with Gasteiger partial charge in [0, 0.05) is 25.1 Å². The average molecular weight is 277 g/mol. The SMILES string of the molecule is O=C(NCCn1nc(C2CC2)ccc1=O)[C@@H]1CCCO1. The highest BCUT2D eigenvalue weighted by Crippen LogP contribution is 2.38. The van der Waals surface area contributed by atoms with Crippen LogP contribution in [0, 0.1) is 0 Å². The minimum Gasteiger partial charge on any atom is -0.368 e. The van der Waals surface area contributed by atoms with Crippen LogP contribution in [0.2, 0.25) is 0 Å². The fourth-order valence-corrected chi connectivity index (χ4v) is 2.41. The molecule has 2 heterocycles. The Morgan fingerprint density at radius 2 is 2.25 bits per heavy atom. The molecule has 108 valence electrons. The van der Waals surface area contributed by atoms with Gasteiger partial charge in [0.1, 0.15) is 6.10 Å². The van der Waals surface area contributed by atoms with Crippen molar-refractivity contribution in [1.82, 2.24) is 15.1 Å². The summed E-state index contributed by atoms with van der Waals surface area (Å²) in [6.07, 6.45) is 3.70. The van der Waals surface area contributed by atoms with E-state index in [1.165, 1.54) is 4.68 Å². The van der Waals surface area contributed by atoms with Crippen molar-refractivity contribution in [2.24, 2.45) is 0 Å². The molecule has 1 amide bonds. The van der Waals surface area contributed by atoms with E-state index < -0.39 is 0 Å². The first kappa shape index (κ1) is 13.3. The van der Waals surface area contributed by atoms with Crippen molar-refractivity contribution in [3.63, 3.8) is 0 Å². The maximum Gasteiger partial charge on any atom is 0.266 e. The van der Waals surface area contributed by atoms with E-state index in [0.717, 1.165) is 31.4 Å². The van der Waals surface area contributed by atoms with E-state index in [-0.39, 0.29) is 17.6 Å². The highest BCUT2D eigenvalue weighted by atomic mass is 16.5. The zero-order chi connectivity index (χ0) is 13.9. The summed E-state index contributed by atoms with van der Waals surface area (Å²) in [6.45, 7) is 1.46. The summed E-state index contributed by atoms with van der Waals surface area (Å²) < 4.78 is 6.74. The number of ether oxygens (including phenoxy) is 1. The monoisotopic (exact) mass is 277 g/mol. The summed E-state index contributed by atoms with van der Waals surface area (Å²) in [6, 6.07) is 3.37. The second kappa shape index (κ2) is 5.75. The molecule has 0 spiro atoms. The quantitative estimate of drug-likeness (QED) is 0.846. The molecule has 0 aromatic carbocycles. The number of rotatable bonds is 5. The Labute approximate surface area is 117 Å². The standard InChI is InChI=1S/C14H19N3O3/c18-13-6-5-11(10-3-4-10)16-17(13)8-7-15-14(19)12-2-1-9-20-12/h5-6,10,12H,1-4,7-9H2,(H,15,19)/t12-/m0/s1. The van der Waals surface area contributed by atoms with Crippen LogP contribution < -0.4 is 10.9 Å². The molecule has 1 aromatic rings. The topological polar surface area (TPSA) is 73.2 Å². The molecule has 1 aliphatic carbocycles. The number of aromatic nitrogens is 2. The molecule has 2 aliphatic rings. The van der Waals surface area contributed by atoms with Gasteiger partial charge in [-0.2, -0.15) is 5.10 Å². The van der Waals surface area contributed by atoms with Gasteiger partial charge in [-0.05, 0) is 31.7 Å². The predicted octanol–water partition coefficient (Wildman–Crippen LogP) is 0.416. The Hall–Kier alpha value is -1.69. The van der Waals surface area contributed by atoms with E-state index in [1.54, 1.807) is 12.1 Å². The van der Waals surface area contributed by atoms with Gasteiger partial charge in [0.25, 0.3) is 5.56 Å². The lowest BCUT2D eigenvalue weighted by molar-refractivity contribution is -0.130. The molecule has 1 aromatic heterocycles. The Balaban J connectivity index is 1.53. The second-order valence-corrected chi connectivity index (χ2v) is 5.39. The third-order valence-corrected chi connectivity index (χ3v) is 3.73. The van der Waals surface area contributed by atoms with Crippen LogP contribution >= 0.6 is 0 Å². The first-order valence-corrected chi connectivity index (χ1v) is 7.21. The molecule has 0 bridgehead atoms. The largest absolute Gasteiger partial charge is 0.368 e. The van der Waals surface area contributed by atoms with Crippen LogP contribution in [-0.4, -0.2) is 34.9 Å². The van der Waals surface area contributed by atoms with Crippen molar-refractivity contribution < 1.29 is 9.53 Å². The van der Waals surface area contributed by atoms with Crippen molar-refractivity contribution >= 4 is 5.91 Å². The zero-order valence-electron chi connectivity index (χ0n) is 11.4. The van der Waals surface area contributed by atoms with Crippen LogP contribution in [0.15, 0.2) is 16.9 Å². The van der Waals surface area contributed by atoms with Crippen molar-refractivity contribution in [3.8, 4) is 0 Å². The number of nitrogens with one attached hydrogen (secondary N) is 1. The molecule has 1 aliphatic heterocycles. The first-order chi connectivity index (χ1) is 9.74. The Morgan fingerprint density at radius 3 is 2.95 bits per heavy atom. The Bertz CT molecular complexity index is 545. The highest BCUT2D eigenvalue weighted by molar-refractivity contribution is 5.80. The smallest absolute Gasteiger partial charge is 0.266 e. The fraction of sp³-hybridized carbons (Fsp3) is 0.643. The van der Waals surface area contributed by atoms with Crippen molar-refractivity contribution in [3.05, 3.63) is 28.2 Å². The average Bonchev–Trinajstić information content (AvgIpc) is 3.15. The normalized spacial score (nSPS) is 21.9. The van der Waals surface area contributed by atoms with E-state index in [4.69, 9.17) is 4.74 Å². The molecular formula is C14H19N3O3. The van der Waals surface area contributed by atoms with Gasteiger partial charge in [0.2, 0.25) is 5.91 Å². The molecule has 3 rings (SSSR count). The summed E-state index contributed by atoms with van der Waals surface area (Å²) in [5.74, 6) is 0.428. The third kappa shape index (κ3) is 3.07. The summed E-state index contributed by atoms with van der Waals surface area (Å²) in [4.78, 5) is 23.5. The highest BCUT2D eigenvalue weighted by Gasteiger charge is 2.26. The lowest BCUT2D eigenvalue weighted by Gasteiger charge is -2.11. The molecule has 0 radical (unpaired) electrons. The molecule has 6 nitrogen and oxygen atoms in total. The molecule has 6 heteroatoms. The van der Waals surface area contributed by atoms with Crippen molar-refractivity contribution in [1.29, 1.82) is 0 Å². The number of nitrogens with zero attached hydrogens (tertiary/aromatic N) is 2. The van der Waals surface area contributed by atoms with Gasteiger partial charge < -0.3 is 10.1 Å². The molecule has 1 N–H and O–H groups in total. The van der Waals surface area contributed by atoms with Gasteiger partial charge in [-0.1, -0.05) is 0 Å². The summed E-state index contributed by atoms with van der Waals surface area (Å²) >= 11 is 0. The van der Waals surface area contributed by atoms with Crippen LogP contribution in [-0.2, 0) is 16.1 Å². The molecule has 1 saturated carbocycles. The van der Waals surface area contributed by atoms with Crippen molar-refractivity contribution in [2.75, 3.05) is 13.2 Å². The predicted molar refractivity (Wildman–Crippen MR) is 72.5 cm³/mol. The third-order valence-electron chi connectivity index (χ3n) is 3.73. The van der Waals surface area contributed by atoms with E-state index in [0.29, 0.717) is 25.6 Å². The molecule has 2 fully saturated rings. The number of hydrogen-bond donors (Lipinski definition) is 1. The number of carbonyl (C=O) groups excluding carboxylic acids is 1. The van der Waals surface area contributed by atoms with E-state index in [2.05, 4.69) is 10.4 Å². The lowest BCUT2D eigenvalue weighted by Crippen LogP contribution is -2.37. The molecular weight excluding hydrogens is 258 g/mol. The Kier molecular flexibility index (Phi) is 3.82. The van der Waals surface area contributed by atoms with Crippen LogP contribution in [0.4, 0.5) is 0 Å². The molecule has 1 atom stereocenters. The van der Waals surface area contributed by atoms with Gasteiger partial charge in [0.05, 0.1) is 12.2 Å². The minimum absolute atomic E-state index is 0.0890. The van der Waals surface area contributed by atoms with Gasteiger partial charge in [-0.3, -0.25) is 9.59 Å². The van der Waals surface area contributed by atoms with Gasteiger partial charge >= 0.3 is 0 Å². The fourth-order valence-electron chi connectivity index (χ4n) is 2.41. The number of hydrogen-bond acceptors (Lipinski definition) is 4. The summed E-state index contributed by atoms with van der Waals surface area (Å²) in [5, 5.41) is 7.15. The first-order valence-electron chi connectivity index (χ1n) is 7.21. The van der Waals surface area contributed by atoms with Crippen molar-refractivity contribution in [2.45, 2.75) is 44.2 Å². The lowest BCUT2D eigenvalue weighted by atomic mass is 10.2.